The van der Waals surface area contributed by atoms with Crippen molar-refractivity contribution in [2.75, 3.05) is 0 Å². The van der Waals surface area contributed by atoms with E-state index in [9.17, 15) is 14.3 Å². The van der Waals surface area contributed by atoms with Gasteiger partial charge in [-0.2, -0.15) is 0 Å². The lowest BCUT2D eigenvalue weighted by molar-refractivity contribution is -0.122. The standard InChI is InChI=1S/C18H18FNO2/c19-15-3-1-2-14(12-15)18(10-11-18)20-17(22)9-6-13-4-7-16(21)8-5-13/h1-5,7-8,12,21H,6,9-11H2,(H,20,22). The fourth-order valence-electron chi connectivity index (χ4n) is 2.65. The maximum atomic E-state index is 13.3. The average molecular weight is 299 g/mol. The molecule has 0 aromatic heterocycles. The normalized spacial score (nSPS) is 15.3. The second-order valence-corrected chi connectivity index (χ2v) is 5.81. The van der Waals surface area contributed by atoms with Gasteiger partial charge in [0.1, 0.15) is 11.6 Å². The van der Waals surface area contributed by atoms with E-state index in [-0.39, 0.29) is 23.0 Å². The van der Waals surface area contributed by atoms with Crippen LogP contribution in [0.3, 0.4) is 0 Å². The zero-order chi connectivity index (χ0) is 15.6. The molecule has 2 N–H and O–H groups in total. The van der Waals surface area contributed by atoms with Crippen molar-refractivity contribution in [3.63, 3.8) is 0 Å². The van der Waals surface area contributed by atoms with Crippen LogP contribution in [0.25, 0.3) is 0 Å². The number of rotatable bonds is 5. The van der Waals surface area contributed by atoms with Gasteiger partial charge in [-0.25, -0.2) is 4.39 Å². The Morgan fingerprint density at radius 2 is 1.91 bits per heavy atom. The molecule has 2 aromatic carbocycles. The number of carbonyl (C=O) groups excluding carboxylic acids is 1. The number of amides is 1. The molecule has 1 aliphatic rings. The summed E-state index contributed by atoms with van der Waals surface area (Å²) in [5.74, 6) is -0.0896. The topological polar surface area (TPSA) is 49.3 Å². The largest absolute Gasteiger partial charge is 0.508 e. The number of benzene rings is 2. The molecule has 0 spiro atoms. The minimum atomic E-state index is -0.381. The van der Waals surface area contributed by atoms with Gasteiger partial charge in [0.05, 0.1) is 5.54 Å². The smallest absolute Gasteiger partial charge is 0.221 e. The highest BCUT2D eigenvalue weighted by molar-refractivity contribution is 5.78. The summed E-state index contributed by atoms with van der Waals surface area (Å²) in [5, 5.41) is 12.3. The van der Waals surface area contributed by atoms with Crippen molar-refractivity contribution < 1.29 is 14.3 Å². The van der Waals surface area contributed by atoms with Gasteiger partial charge in [0.25, 0.3) is 0 Å². The zero-order valence-corrected chi connectivity index (χ0v) is 12.2. The molecule has 114 valence electrons. The van der Waals surface area contributed by atoms with Gasteiger partial charge < -0.3 is 10.4 Å². The van der Waals surface area contributed by atoms with E-state index in [1.165, 1.54) is 12.1 Å². The molecule has 0 heterocycles. The lowest BCUT2D eigenvalue weighted by Crippen LogP contribution is -2.35. The van der Waals surface area contributed by atoms with E-state index in [4.69, 9.17) is 0 Å². The Morgan fingerprint density at radius 1 is 1.18 bits per heavy atom. The van der Waals surface area contributed by atoms with E-state index < -0.39 is 0 Å². The Morgan fingerprint density at radius 3 is 2.55 bits per heavy atom. The lowest BCUT2D eigenvalue weighted by Gasteiger charge is -2.18. The molecule has 2 aromatic rings. The van der Waals surface area contributed by atoms with Gasteiger partial charge in [-0.05, 0) is 54.7 Å². The summed E-state index contributed by atoms with van der Waals surface area (Å²) in [6.07, 6.45) is 2.69. The second kappa shape index (κ2) is 5.79. The molecule has 1 saturated carbocycles. The lowest BCUT2D eigenvalue weighted by atomic mass is 10.0. The summed E-state index contributed by atoms with van der Waals surface area (Å²) in [5.41, 5.74) is 1.46. The molecule has 0 bridgehead atoms. The van der Waals surface area contributed by atoms with Crippen molar-refractivity contribution in [3.8, 4) is 5.75 Å². The highest BCUT2D eigenvalue weighted by atomic mass is 19.1. The Balaban J connectivity index is 1.59. The molecule has 1 aliphatic carbocycles. The number of hydrogen-bond donors (Lipinski definition) is 2. The number of nitrogens with one attached hydrogen (secondary N) is 1. The first-order valence-corrected chi connectivity index (χ1v) is 7.42. The first kappa shape index (κ1) is 14.6. The highest BCUT2D eigenvalue weighted by Gasteiger charge is 2.45. The van der Waals surface area contributed by atoms with Crippen LogP contribution >= 0.6 is 0 Å². The van der Waals surface area contributed by atoms with Crippen molar-refractivity contribution in [1.82, 2.24) is 5.32 Å². The monoisotopic (exact) mass is 299 g/mol. The van der Waals surface area contributed by atoms with Crippen LogP contribution in [0.5, 0.6) is 5.75 Å². The molecule has 0 saturated heterocycles. The summed E-state index contributed by atoms with van der Waals surface area (Å²) >= 11 is 0. The maximum absolute atomic E-state index is 13.3. The SMILES string of the molecule is O=C(CCc1ccc(O)cc1)NC1(c2cccc(F)c2)CC1. The van der Waals surface area contributed by atoms with Gasteiger partial charge >= 0.3 is 0 Å². The van der Waals surface area contributed by atoms with Gasteiger partial charge in [-0.3, -0.25) is 4.79 Å². The number of phenolic OH excluding ortho intramolecular Hbond substituents is 1. The summed E-state index contributed by atoms with van der Waals surface area (Å²) in [7, 11) is 0. The quantitative estimate of drug-likeness (QED) is 0.890. The van der Waals surface area contributed by atoms with Crippen LogP contribution in [0, 0.1) is 5.82 Å². The Kier molecular flexibility index (Phi) is 3.84. The fourth-order valence-corrected chi connectivity index (χ4v) is 2.65. The van der Waals surface area contributed by atoms with E-state index in [0.29, 0.717) is 12.8 Å². The molecule has 3 rings (SSSR count). The Labute approximate surface area is 128 Å². The van der Waals surface area contributed by atoms with Crippen LogP contribution in [-0.4, -0.2) is 11.0 Å². The molecular formula is C18H18FNO2. The molecule has 3 nitrogen and oxygen atoms in total. The van der Waals surface area contributed by atoms with E-state index in [0.717, 1.165) is 24.0 Å². The number of carbonyl (C=O) groups is 1. The van der Waals surface area contributed by atoms with E-state index >= 15 is 0 Å². The minimum absolute atomic E-state index is 0.0326. The maximum Gasteiger partial charge on any atom is 0.221 e. The van der Waals surface area contributed by atoms with Crippen molar-refractivity contribution in [1.29, 1.82) is 0 Å². The van der Waals surface area contributed by atoms with Gasteiger partial charge in [0.15, 0.2) is 0 Å². The van der Waals surface area contributed by atoms with Gasteiger partial charge in [0.2, 0.25) is 5.91 Å². The predicted molar refractivity (Wildman–Crippen MR) is 81.9 cm³/mol. The number of phenols is 1. The van der Waals surface area contributed by atoms with Crippen LogP contribution in [-0.2, 0) is 16.8 Å². The first-order valence-electron chi connectivity index (χ1n) is 7.42. The molecule has 0 atom stereocenters. The number of aryl methyl sites for hydroxylation is 1. The van der Waals surface area contributed by atoms with Crippen LogP contribution in [0.2, 0.25) is 0 Å². The highest BCUT2D eigenvalue weighted by Crippen LogP contribution is 2.45. The molecule has 22 heavy (non-hydrogen) atoms. The molecule has 0 unspecified atom stereocenters. The molecule has 1 amide bonds. The third-order valence-corrected chi connectivity index (χ3v) is 4.08. The summed E-state index contributed by atoms with van der Waals surface area (Å²) in [6, 6.07) is 13.3. The second-order valence-electron chi connectivity index (χ2n) is 5.81. The minimum Gasteiger partial charge on any atom is -0.508 e. The van der Waals surface area contributed by atoms with Crippen LogP contribution in [0.1, 0.15) is 30.4 Å². The number of hydrogen-bond acceptors (Lipinski definition) is 2. The van der Waals surface area contributed by atoms with Crippen molar-refractivity contribution in [2.45, 2.75) is 31.2 Å². The Hall–Kier alpha value is -2.36. The van der Waals surface area contributed by atoms with Crippen molar-refractivity contribution >= 4 is 5.91 Å². The third-order valence-electron chi connectivity index (χ3n) is 4.08. The van der Waals surface area contributed by atoms with E-state index in [2.05, 4.69) is 5.32 Å². The van der Waals surface area contributed by atoms with Crippen molar-refractivity contribution in [2.24, 2.45) is 0 Å². The summed E-state index contributed by atoms with van der Waals surface area (Å²) < 4.78 is 13.3. The summed E-state index contributed by atoms with van der Waals surface area (Å²) in [6.45, 7) is 0. The van der Waals surface area contributed by atoms with E-state index in [1.54, 1.807) is 18.2 Å². The first-order chi connectivity index (χ1) is 10.6. The van der Waals surface area contributed by atoms with Gasteiger partial charge in [-0.1, -0.05) is 24.3 Å². The van der Waals surface area contributed by atoms with Crippen molar-refractivity contribution in [3.05, 3.63) is 65.5 Å². The van der Waals surface area contributed by atoms with Gasteiger partial charge in [0, 0.05) is 6.42 Å². The van der Waals surface area contributed by atoms with Crippen LogP contribution < -0.4 is 5.32 Å². The fraction of sp³-hybridized carbons (Fsp3) is 0.278. The number of aromatic hydroxyl groups is 1. The Bertz CT molecular complexity index is 678. The molecule has 0 radical (unpaired) electrons. The molecule has 0 aliphatic heterocycles. The van der Waals surface area contributed by atoms with Crippen LogP contribution in [0.4, 0.5) is 4.39 Å². The molecule has 4 heteroatoms. The number of halogens is 1. The average Bonchev–Trinajstić information content (AvgIpc) is 3.27. The zero-order valence-electron chi connectivity index (χ0n) is 12.2. The predicted octanol–water partition coefficient (Wildman–Crippen LogP) is 3.27. The molecular weight excluding hydrogens is 281 g/mol. The van der Waals surface area contributed by atoms with Gasteiger partial charge in [-0.15, -0.1) is 0 Å². The summed E-state index contributed by atoms with van der Waals surface area (Å²) in [4.78, 5) is 12.1. The van der Waals surface area contributed by atoms with Crippen LogP contribution in [0.15, 0.2) is 48.5 Å². The van der Waals surface area contributed by atoms with E-state index in [1.807, 2.05) is 18.2 Å². The molecule has 1 fully saturated rings. The third kappa shape index (κ3) is 3.27.